The van der Waals surface area contributed by atoms with E-state index in [0.29, 0.717) is 30.9 Å². The summed E-state index contributed by atoms with van der Waals surface area (Å²) in [6, 6.07) is 17.0. The second-order valence-electron chi connectivity index (χ2n) is 7.90. The lowest BCUT2D eigenvalue weighted by Crippen LogP contribution is -2.30. The van der Waals surface area contributed by atoms with Crippen molar-refractivity contribution in [1.29, 1.82) is 0 Å². The van der Waals surface area contributed by atoms with Gasteiger partial charge in [0.2, 0.25) is 0 Å². The van der Waals surface area contributed by atoms with E-state index in [1.54, 1.807) is 0 Å². The minimum atomic E-state index is -0.404. The van der Waals surface area contributed by atoms with Crippen molar-refractivity contribution in [3.63, 3.8) is 0 Å². The summed E-state index contributed by atoms with van der Waals surface area (Å²) >= 11 is 4.53. The number of nitrogens with zero attached hydrogens (tertiary/aromatic N) is 3. The SMILES string of the molecule is O=C(NCCc1cn(C2CCC2S)nn1)OCC1c2ccccc2-c2ccccc21. The Bertz CT molecular complexity index is 1020. The lowest BCUT2D eigenvalue weighted by atomic mass is 9.92. The van der Waals surface area contributed by atoms with Crippen LogP contribution in [-0.2, 0) is 11.2 Å². The summed E-state index contributed by atoms with van der Waals surface area (Å²) in [6.45, 7) is 0.783. The number of hydrogen-bond donors (Lipinski definition) is 2. The number of nitrogens with one attached hydrogen (secondary N) is 1. The van der Waals surface area contributed by atoms with Gasteiger partial charge in [-0.2, -0.15) is 12.6 Å². The highest BCUT2D eigenvalue weighted by atomic mass is 32.1. The van der Waals surface area contributed by atoms with Crippen LogP contribution in [0.2, 0.25) is 0 Å². The van der Waals surface area contributed by atoms with E-state index < -0.39 is 6.09 Å². The number of aromatic nitrogens is 3. The second kappa shape index (κ2) is 8.14. The monoisotopic (exact) mass is 420 g/mol. The summed E-state index contributed by atoms with van der Waals surface area (Å²) in [5.41, 5.74) is 5.73. The van der Waals surface area contributed by atoms with Gasteiger partial charge in [-0.3, -0.25) is 0 Å². The Kier molecular flexibility index (Phi) is 5.21. The van der Waals surface area contributed by atoms with Gasteiger partial charge in [-0.05, 0) is 35.1 Å². The number of thiol groups is 1. The first-order chi connectivity index (χ1) is 14.7. The Labute approximate surface area is 181 Å². The van der Waals surface area contributed by atoms with Crippen molar-refractivity contribution in [3.05, 3.63) is 71.5 Å². The maximum absolute atomic E-state index is 12.2. The Morgan fingerprint density at radius 3 is 2.43 bits per heavy atom. The highest BCUT2D eigenvalue weighted by molar-refractivity contribution is 7.81. The number of ether oxygens (including phenoxy) is 1. The molecule has 2 aliphatic rings. The zero-order valence-corrected chi connectivity index (χ0v) is 17.5. The molecule has 0 spiro atoms. The van der Waals surface area contributed by atoms with Crippen molar-refractivity contribution >= 4 is 18.7 Å². The first-order valence-corrected chi connectivity index (χ1v) is 10.9. The molecule has 154 valence electrons. The first-order valence-electron chi connectivity index (χ1n) is 10.4. The predicted molar refractivity (Wildman–Crippen MR) is 118 cm³/mol. The zero-order valence-electron chi connectivity index (χ0n) is 16.6. The van der Waals surface area contributed by atoms with Crippen LogP contribution < -0.4 is 5.32 Å². The molecule has 5 rings (SSSR count). The van der Waals surface area contributed by atoms with E-state index in [2.05, 4.69) is 52.5 Å². The van der Waals surface area contributed by atoms with E-state index >= 15 is 0 Å². The Hall–Kier alpha value is -2.80. The van der Waals surface area contributed by atoms with Crippen LogP contribution in [0.15, 0.2) is 54.7 Å². The van der Waals surface area contributed by atoms with Crippen molar-refractivity contribution in [2.45, 2.75) is 36.5 Å². The van der Waals surface area contributed by atoms with Gasteiger partial charge >= 0.3 is 6.09 Å². The molecule has 1 fully saturated rings. The highest BCUT2D eigenvalue weighted by Crippen LogP contribution is 2.44. The number of alkyl carbamates (subject to hydrolysis) is 1. The number of amides is 1. The summed E-state index contributed by atoms with van der Waals surface area (Å²) in [7, 11) is 0. The van der Waals surface area contributed by atoms with Crippen LogP contribution in [0.4, 0.5) is 4.79 Å². The van der Waals surface area contributed by atoms with Gasteiger partial charge in [0.25, 0.3) is 0 Å². The topological polar surface area (TPSA) is 69.0 Å². The van der Waals surface area contributed by atoms with Crippen LogP contribution in [0.1, 0.15) is 41.6 Å². The zero-order chi connectivity index (χ0) is 20.5. The van der Waals surface area contributed by atoms with Gasteiger partial charge < -0.3 is 10.1 Å². The van der Waals surface area contributed by atoms with Crippen LogP contribution in [0, 0.1) is 0 Å². The molecular weight excluding hydrogens is 396 g/mol. The van der Waals surface area contributed by atoms with Gasteiger partial charge in [0.05, 0.1) is 11.7 Å². The summed E-state index contributed by atoms with van der Waals surface area (Å²) in [5, 5.41) is 11.6. The van der Waals surface area contributed by atoms with Crippen molar-refractivity contribution in [1.82, 2.24) is 20.3 Å². The second-order valence-corrected chi connectivity index (χ2v) is 8.57. The Morgan fingerprint density at radius 1 is 1.10 bits per heavy atom. The molecule has 2 atom stereocenters. The lowest BCUT2D eigenvalue weighted by Gasteiger charge is -2.32. The van der Waals surface area contributed by atoms with E-state index in [1.807, 2.05) is 35.1 Å². The van der Waals surface area contributed by atoms with Crippen LogP contribution in [-0.4, -0.2) is 39.5 Å². The largest absolute Gasteiger partial charge is 0.449 e. The first kappa shape index (κ1) is 19.2. The molecule has 2 aromatic carbocycles. The van der Waals surface area contributed by atoms with Crippen LogP contribution in [0.5, 0.6) is 0 Å². The van der Waals surface area contributed by atoms with E-state index in [9.17, 15) is 4.79 Å². The van der Waals surface area contributed by atoms with Gasteiger partial charge in [-0.1, -0.05) is 53.7 Å². The fourth-order valence-corrected chi connectivity index (χ4v) is 4.74. The van der Waals surface area contributed by atoms with Gasteiger partial charge in [0, 0.05) is 30.3 Å². The molecule has 3 aromatic rings. The molecule has 6 nitrogen and oxygen atoms in total. The van der Waals surface area contributed by atoms with Gasteiger partial charge in [0.15, 0.2) is 0 Å². The summed E-state index contributed by atoms with van der Waals surface area (Å²) in [6.07, 6.45) is 4.38. The molecule has 1 saturated carbocycles. The molecule has 2 unspecified atom stereocenters. The van der Waals surface area contributed by atoms with Gasteiger partial charge in [-0.15, -0.1) is 5.10 Å². The van der Waals surface area contributed by atoms with Crippen LogP contribution in [0.25, 0.3) is 11.1 Å². The normalized spacial score (nSPS) is 19.6. The summed E-state index contributed by atoms with van der Waals surface area (Å²) in [5.74, 6) is 0.0692. The van der Waals surface area contributed by atoms with Crippen molar-refractivity contribution in [3.8, 4) is 11.1 Å². The molecular formula is C23H24N4O2S. The third-order valence-electron chi connectivity index (χ3n) is 6.09. The van der Waals surface area contributed by atoms with E-state index in [-0.39, 0.29) is 5.92 Å². The predicted octanol–water partition coefficient (Wildman–Crippen LogP) is 3.99. The van der Waals surface area contributed by atoms with E-state index in [0.717, 1.165) is 18.5 Å². The van der Waals surface area contributed by atoms with Gasteiger partial charge in [-0.25, -0.2) is 9.48 Å². The molecule has 7 heteroatoms. The third kappa shape index (κ3) is 3.58. The van der Waals surface area contributed by atoms with Crippen molar-refractivity contribution in [2.24, 2.45) is 0 Å². The standard InChI is InChI=1S/C23H24N4O2S/c28-23(24-12-11-15-13-27(26-25-15)21-9-10-22(21)30)29-14-20-18-7-3-1-5-16(18)17-6-2-4-8-19(17)20/h1-8,13,20-22,30H,9-12,14H2,(H,24,28). The maximum atomic E-state index is 12.2. The lowest BCUT2D eigenvalue weighted by molar-refractivity contribution is 0.143. The minimum Gasteiger partial charge on any atom is -0.449 e. The van der Waals surface area contributed by atoms with Crippen LogP contribution >= 0.6 is 12.6 Å². The molecule has 0 aliphatic heterocycles. The molecule has 1 aromatic heterocycles. The summed E-state index contributed by atoms with van der Waals surface area (Å²) < 4.78 is 7.45. The molecule has 30 heavy (non-hydrogen) atoms. The number of carbonyl (C=O) groups is 1. The number of carbonyl (C=O) groups excluding carboxylic acids is 1. The fourth-order valence-electron chi connectivity index (χ4n) is 4.31. The minimum absolute atomic E-state index is 0.0692. The van der Waals surface area contributed by atoms with E-state index in [1.165, 1.54) is 22.3 Å². The molecule has 2 aliphatic carbocycles. The van der Waals surface area contributed by atoms with Gasteiger partial charge in [0.1, 0.15) is 6.61 Å². The fraction of sp³-hybridized carbons (Fsp3) is 0.348. The molecule has 1 amide bonds. The smallest absolute Gasteiger partial charge is 0.407 e. The highest BCUT2D eigenvalue weighted by Gasteiger charge is 2.30. The van der Waals surface area contributed by atoms with Crippen LogP contribution in [0.3, 0.4) is 0 Å². The van der Waals surface area contributed by atoms with Crippen molar-refractivity contribution < 1.29 is 9.53 Å². The molecule has 0 bridgehead atoms. The molecule has 0 radical (unpaired) electrons. The van der Waals surface area contributed by atoms with E-state index in [4.69, 9.17) is 4.74 Å². The molecule has 1 heterocycles. The number of rotatable bonds is 6. The molecule has 1 N–H and O–H groups in total. The average Bonchev–Trinajstić information content (AvgIpc) is 3.34. The number of fused-ring (bicyclic) bond motifs is 3. The Balaban J connectivity index is 1.14. The quantitative estimate of drug-likeness (QED) is 0.592. The number of benzene rings is 2. The number of hydrogen-bond acceptors (Lipinski definition) is 5. The summed E-state index contributed by atoms with van der Waals surface area (Å²) in [4.78, 5) is 12.2. The third-order valence-corrected chi connectivity index (χ3v) is 6.70. The Morgan fingerprint density at radius 2 is 1.80 bits per heavy atom. The molecule has 0 saturated heterocycles. The maximum Gasteiger partial charge on any atom is 0.407 e. The van der Waals surface area contributed by atoms with Crippen molar-refractivity contribution in [2.75, 3.05) is 13.2 Å². The average molecular weight is 421 g/mol.